The number of aromatic nitrogens is 2. The first-order chi connectivity index (χ1) is 14.9. The number of aryl methyl sites for hydroxylation is 3. The standard InChI is InChI=1S/C15H16.C12H18N4/c1-3-13-9-12(2)10-15(11-13)14-7-5-4-6-8-14;1-8-6-5-7-10-11(8)13-9(2)14-12(10)15-16(3)4/h4-11H,3H2,1-2H3;7H,5-6H2,1-4H3,(H,13,14,15). The van der Waals surface area contributed by atoms with Crippen LogP contribution in [0.25, 0.3) is 22.8 Å². The lowest BCUT2D eigenvalue weighted by Gasteiger charge is -2.15. The average Bonchev–Trinajstić information content (AvgIpc) is 2.75. The Morgan fingerprint density at radius 2 is 1.68 bits per heavy atom. The molecular weight excluding hydrogens is 380 g/mol. The number of nitrogens with zero attached hydrogens (tertiary/aromatic N) is 3. The molecule has 2 aromatic carbocycles. The van der Waals surface area contributed by atoms with Crippen LogP contribution in [0.15, 0.2) is 48.5 Å². The Morgan fingerprint density at radius 1 is 0.935 bits per heavy atom. The highest BCUT2D eigenvalue weighted by Gasteiger charge is 2.08. The monoisotopic (exact) mass is 414 g/mol. The Hall–Kier alpha value is -2.98. The van der Waals surface area contributed by atoms with E-state index < -0.39 is 0 Å². The fourth-order valence-corrected chi connectivity index (χ4v) is 3.81. The van der Waals surface area contributed by atoms with E-state index in [2.05, 4.69) is 90.8 Å². The van der Waals surface area contributed by atoms with E-state index >= 15 is 0 Å². The second kappa shape index (κ2) is 10.4. The fraction of sp³-hybridized carbons (Fsp3) is 0.333. The minimum absolute atomic E-state index is 0.817. The summed E-state index contributed by atoms with van der Waals surface area (Å²) in [5.41, 5.74) is 9.96. The van der Waals surface area contributed by atoms with Gasteiger partial charge in [0.15, 0.2) is 5.82 Å². The van der Waals surface area contributed by atoms with E-state index in [4.69, 9.17) is 0 Å². The van der Waals surface area contributed by atoms with Gasteiger partial charge in [-0.2, -0.15) is 0 Å². The van der Waals surface area contributed by atoms with Gasteiger partial charge in [-0.3, -0.25) is 0 Å². The van der Waals surface area contributed by atoms with Gasteiger partial charge in [0.05, 0.1) is 5.35 Å². The molecule has 0 radical (unpaired) electrons. The number of hydrazine groups is 1. The van der Waals surface area contributed by atoms with Crippen LogP contribution in [0.1, 0.15) is 43.6 Å². The third-order valence-electron chi connectivity index (χ3n) is 5.31. The summed E-state index contributed by atoms with van der Waals surface area (Å²) in [6.45, 7) is 8.44. The normalized spacial score (nSPS) is 12.5. The van der Waals surface area contributed by atoms with Gasteiger partial charge in [-0.1, -0.05) is 67.1 Å². The maximum Gasteiger partial charge on any atom is 0.151 e. The Kier molecular flexibility index (Phi) is 7.59. The number of hydrogen-bond acceptors (Lipinski definition) is 4. The van der Waals surface area contributed by atoms with Crippen LogP contribution in [0.3, 0.4) is 0 Å². The Balaban J connectivity index is 0.000000176. The van der Waals surface area contributed by atoms with E-state index in [9.17, 15) is 0 Å². The fourth-order valence-electron chi connectivity index (χ4n) is 3.81. The zero-order valence-electron chi connectivity index (χ0n) is 19.7. The van der Waals surface area contributed by atoms with Gasteiger partial charge in [0.2, 0.25) is 0 Å². The molecule has 162 valence electrons. The molecule has 0 atom stereocenters. The van der Waals surface area contributed by atoms with Gasteiger partial charge < -0.3 is 5.43 Å². The molecule has 0 unspecified atom stereocenters. The Bertz CT molecular complexity index is 1150. The van der Waals surface area contributed by atoms with Crippen molar-refractivity contribution in [2.75, 3.05) is 19.5 Å². The van der Waals surface area contributed by atoms with Crippen molar-refractivity contribution in [3.63, 3.8) is 0 Å². The van der Waals surface area contributed by atoms with Gasteiger partial charge in [-0.05, 0) is 62.3 Å². The zero-order valence-corrected chi connectivity index (χ0v) is 19.7. The van der Waals surface area contributed by atoms with E-state index in [1.54, 1.807) is 0 Å². The van der Waals surface area contributed by atoms with Crippen LogP contribution in [0, 0.1) is 13.8 Å². The molecule has 1 N–H and O–H groups in total. The van der Waals surface area contributed by atoms with Crippen molar-refractivity contribution in [3.05, 3.63) is 76.1 Å². The summed E-state index contributed by atoms with van der Waals surface area (Å²) in [4.78, 5) is 8.98. The molecule has 0 aliphatic heterocycles. The Morgan fingerprint density at radius 3 is 2.35 bits per heavy atom. The number of benzene rings is 2. The van der Waals surface area contributed by atoms with Crippen molar-refractivity contribution in [3.8, 4) is 11.1 Å². The predicted molar refractivity (Wildman–Crippen MR) is 132 cm³/mol. The molecule has 1 aliphatic rings. The van der Waals surface area contributed by atoms with Gasteiger partial charge in [0.1, 0.15) is 5.82 Å². The first-order valence-corrected chi connectivity index (χ1v) is 11.0. The summed E-state index contributed by atoms with van der Waals surface area (Å²) < 4.78 is 0. The minimum Gasteiger partial charge on any atom is -0.303 e. The highest BCUT2D eigenvalue weighted by molar-refractivity contribution is 5.65. The molecule has 1 heterocycles. The number of nitrogens with one attached hydrogen (secondary N) is 1. The van der Waals surface area contributed by atoms with Crippen LogP contribution in [-0.2, 0) is 6.42 Å². The lowest BCUT2D eigenvalue weighted by Crippen LogP contribution is -2.38. The first-order valence-electron chi connectivity index (χ1n) is 11.0. The quantitative estimate of drug-likeness (QED) is 0.632. The van der Waals surface area contributed by atoms with E-state index in [1.807, 2.05) is 26.0 Å². The summed E-state index contributed by atoms with van der Waals surface area (Å²) in [5.74, 6) is 1.73. The summed E-state index contributed by atoms with van der Waals surface area (Å²) >= 11 is 0. The largest absolute Gasteiger partial charge is 0.303 e. The van der Waals surface area contributed by atoms with Crippen LogP contribution in [-0.4, -0.2) is 29.1 Å². The molecule has 3 aromatic rings. The molecule has 1 aliphatic carbocycles. The van der Waals surface area contributed by atoms with E-state index in [1.165, 1.54) is 27.8 Å². The summed E-state index contributed by atoms with van der Waals surface area (Å²) in [6, 6.07) is 17.3. The molecule has 0 saturated carbocycles. The molecule has 0 spiro atoms. The highest BCUT2D eigenvalue weighted by atomic mass is 15.5. The van der Waals surface area contributed by atoms with E-state index in [0.29, 0.717) is 0 Å². The van der Waals surface area contributed by atoms with E-state index in [0.717, 1.165) is 41.5 Å². The van der Waals surface area contributed by atoms with Crippen molar-refractivity contribution in [1.29, 1.82) is 0 Å². The maximum absolute atomic E-state index is 4.52. The van der Waals surface area contributed by atoms with Crippen LogP contribution in [0.5, 0.6) is 0 Å². The maximum atomic E-state index is 4.52. The minimum atomic E-state index is 0.817. The predicted octanol–water partition coefficient (Wildman–Crippen LogP) is 4.64. The summed E-state index contributed by atoms with van der Waals surface area (Å²) in [6.07, 6.45) is 5.49. The molecule has 0 bridgehead atoms. The molecule has 1 aromatic heterocycles. The van der Waals surface area contributed by atoms with Gasteiger partial charge in [0.25, 0.3) is 0 Å². The lowest BCUT2D eigenvalue weighted by atomic mass is 9.99. The van der Waals surface area contributed by atoms with Gasteiger partial charge in [-0.25, -0.2) is 15.0 Å². The van der Waals surface area contributed by atoms with Gasteiger partial charge >= 0.3 is 0 Å². The average molecular weight is 415 g/mol. The molecule has 31 heavy (non-hydrogen) atoms. The number of anilines is 1. The van der Waals surface area contributed by atoms with Crippen LogP contribution < -0.4 is 16.0 Å². The lowest BCUT2D eigenvalue weighted by molar-refractivity contribution is 0.490. The van der Waals surface area contributed by atoms with Crippen LogP contribution in [0.4, 0.5) is 5.82 Å². The third-order valence-corrected chi connectivity index (χ3v) is 5.31. The second-order valence-electron chi connectivity index (χ2n) is 8.34. The van der Waals surface area contributed by atoms with Gasteiger partial charge in [0, 0.05) is 19.3 Å². The molecule has 0 saturated heterocycles. The number of rotatable bonds is 4. The van der Waals surface area contributed by atoms with Crippen molar-refractivity contribution in [2.24, 2.45) is 0 Å². The number of hydrogen-bond donors (Lipinski definition) is 1. The molecular formula is C27H34N4. The van der Waals surface area contributed by atoms with Gasteiger partial charge in [-0.15, -0.1) is 0 Å². The SMILES string of the molecule is CC1=c2nc(C)nc(NN(C)C)c2=CCC1.CCc1cc(C)cc(-c2ccccc2)c1. The topological polar surface area (TPSA) is 41.1 Å². The summed E-state index contributed by atoms with van der Waals surface area (Å²) in [7, 11) is 3.92. The van der Waals surface area contributed by atoms with Crippen LogP contribution in [0.2, 0.25) is 0 Å². The molecule has 0 amide bonds. The van der Waals surface area contributed by atoms with Crippen molar-refractivity contribution in [2.45, 2.75) is 47.0 Å². The first kappa shape index (κ1) is 22.7. The highest BCUT2D eigenvalue weighted by Crippen LogP contribution is 2.22. The number of fused-ring (bicyclic) bond motifs is 1. The molecule has 4 nitrogen and oxygen atoms in total. The van der Waals surface area contributed by atoms with E-state index in [-0.39, 0.29) is 0 Å². The molecule has 4 rings (SSSR count). The second-order valence-corrected chi connectivity index (χ2v) is 8.34. The zero-order chi connectivity index (χ0) is 22.4. The molecule has 4 heteroatoms. The van der Waals surface area contributed by atoms with Crippen molar-refractivity contribution in [1.82, 2.24) is 15.0 Å². The summed E-state index contributed by atoms with van der Waals surface area (Å²) in [5, 5.41) is 4.14. The third kappa shape index (κ3) is 6.02. The van der Waals surface area contributed by atoms with Crippen molar-refractivity contribution >= 4 is 17.5 Å². The van der Waals surface area contributed by atoms with Crippen molar-refractivity contribution < 1.29 is 0 Å². The smallest absolute Gasteiger partial charge is 0.151 e. The van der Waals surface area contributed by atoms with Crippen LogP contribution >= 0.6 is 0 Å². The molecule has 0 fully saturated rings. The Labute approximate surface area is 186 Å².